The van der Waals surface area contributed by atoms with Crippen molar-refractivity contribution >= 4 is 5.97 Å². The Labute approximate surface area is 203 Å². The summed E-state index contributed by atoms with van der Waals surface area (Å²) in [6.07, 6.45) is 10.9. The molecule has 3 rings (SSSR count). The van der Waals surface area contributed by atoms with Crippen LogP contribution in [0.1, 0.15) is 64.9 Å². The SMILES string of the molecule is CCCCCCc1cnc(-c2ccc(-c3ccc(OC[C@@H](C)OC(=O)CCC)cc3)cc2)nc1. The number of benzene rings is 2. The summed E-state index contributed by atoms with van der Waals surface area (Å²) in [6.45, 7) is 6.36. The fourth-order valence-electron chi connectivity index (χ4n) is 3.68. The maximum atomic E-state index is 11.6. The van der Waals surface area contributed by atoms with Crippen LogP contribution < -0.4 is 4.74 Å². The summed E-state index contributed by atoms with van der Waals surface area (Å²) in [4.78, 5) is 20.7. The minimum Gasteiger partial charge on any atom is -0.490 e. The van der Waals surface area contributed by atoms with E-state index in [-0.39, 0.29) is 12.1 Å². The lowest BCUT2D eigenvalue weighted by Gasteiger charge is -2.14. The third kappa shape index (κ3) is 7.98. The summed E-state index contributed by atoms with van der Waals surface area (Å²) in [6, 6.07) is 16.2. The van der Waals surface area contributed by atoms with Crippen LogP contribution in [-0.2, 0) is 16.0 Å². The molecule has 5 heteroatoms. The standard InChI is InChI=1S/C29H36N2O3/c1-4-6-7-8-10-23-19-30-29(31-20-23)26-13-11-24(12-14-26)25-15-17-27(18-16-25)33-21-22(3)34-28(32)9-5-2/h11-20,22H,4-10,21H2,1-3H3/t22-/m1/s1. The summed E-state index contributed by atoms with van der Waals surface area (Å²) in [7, 11) is 0. The summed E-state index contributed by atoms with van der Waals surface area (Å²) in [5.41, 5.74) is 4.43. The molecule has 1 atom stereocenters. The fraction of sp³-hybridized carbons (Fsp3) is 0.414. The fourth-order valence-corrected chi connectivity index (χ4v) is 3.68. The second-order valence-electron chi connectivity index (χ2n) is 8.69. The van der Waals surface area contributed by atoms with Crippen LogP contribution in [0.4, 0.5) is 0 Å². The lowest BCUT2D eigenvalue weighted by Crippen LogP contribution is -2.21. The van der Waals surface area contributed by atoms with Gasteiger partial charge < -0.3 is 9.47 Å². The molecule has 0 fully saturated rings. The van der Waals surface area contributed by atoms with Gasteiger partial charge >= 0.3 is 5.97 Å². The summed E-state index contributed by atoms with van der Waals surface area (Å²) in [5, 5.41) is 0. The Hall–Kier alpha value is -3.21. The first kappa shape index (κ1) is 25.4. The van der Waals surface area contributed by atoms with Crippen LogP contribution in [0.25, 0.3) is 22.5 Å². The molecule has 0 spiro atoms. The molecule has 34 heavy (non-hydrogen) atoms. The van der Waals surface area contributed by atoms with E-state index in [1.54, 1.807) is 0 Å². The van der Waals surface area contributed by atoms with Crippen LogP contribution in [0, 0.1) is 0 Å². The van der Waals surface area contributed by atoms with Crippen molar-refractivity contribution in [2.75, 3.05) is 6.61 Å². The van der Waals surface area contributed by atoms with Crippen LogP contribution in [0.15, 0.2) is 60.9 Å². The molecule has 0 N–H and O–H groups in total. The lowest BCUT2D eigenvalue weighted by atomic mass is 10.0. The number of carbonyl (C=O) groups excluding carboxylic acids is 1. The van der Waals surface area contributed by atoms with Gasteiger partial charge in [-0.25, -0.2) is 9.97 Å². The monoisotopic (exact) mass is 460 g/mol. The van der Waals surface area contributed by atoms with E-state index in [4.69, 9.17) is 9.47 Å². The molecule has 0 aliphatic heterocycles. The van der Waals surface area contributed by atoms with Crippen LogP contribution in [0.3, 0.4) is 0 Å². The lowest BCUT2D eigenvalue weighted by molar-refractivity contribution is -0.149. The van der Waals surface area contributed by atoms with Crippen LogP contribution in [0.5, 0.6) is 5.75 Å². The molecule has 5 nitrogen and oxygen atoms in total. The zero-order valence-corrected chi connectivity index (χ0v) is 20.6. The van der Waals surface area contributed by atoms with Crippen molar-refractivity contribution in [1.82, 2.24) is 9.97 Å². The second-order valence-corrected chi connectivity index (χ2v) is 8.69. The molecule has 3 aromatic rings. The maximum Gasteiger partial charge on any atom is 0.306 e. The number of hydrogen-bond donors (Lipinski definition) is 0. The van der Waals surface area contributed by atoms with E-state index >= 15 is 0 Å². The van der Waals surface area contributed by atoms with Crippen molar-refractivity contribution in [2.24, 2.45) is 0 Å². The Kier molecular flexibility index (Phi) is 10.1. The summed E-state index contributed by atoms with van der Waals surface area (Å²) in [5.74, 6) is 1.32. The van der Waals surface area contributed by atoms with Gasteiger partial charge in [-0.2, -0.15) is 0 Å². The molecule has 180 valence electrons. The largest absolute Gasteiger partial charge is 0.490 e. The number of carbonyl (C=O) groups is 1. The number of unbranched alkanes of at least 4 members (excludes halogenated alkanes) is 3. The van der Waals surface area contributed by atoms with Gasteiger partial charge in [0, 0.05) is 24.4 Å². The van der Waals surface area contributed by atoms with E-state index in [1.165, 1.54) is 31.2 Å². The quantitative estimate of drug-likeness (QED) is 0.202. The van der Waals surface area contributed by atoms with E-state index < -0.39 is 0 Å². The van der Waals surface area contributed by atoms with Crippen LogP contribution >= 0.6 is 0 Å². The van der Waals surface area contributed by atoms with Gasteiger partial charge in [0.05, 0.1) is 0 Å². The van der Waals surface area contributed by atoms with E-state index in [9.17, 15) is 4.79 Å². The highest BCUT2D eigenvalue weighted by atomic mass is 16.6. The topological polar surface area (TPSA) is 61.3 Å². The Morgan fingerprint density at radius 3 is 2.06 bits per heavy atom. The first-order chi connectivity index (χ1) is 16.6. The first-order valence-electron chi connectivity index (χ1n) is 12.4. The van der Waals surface area contributed by atoms with Crippen molar-refractivity contribution < 1.29 is 14.3 Å². The zero-order valence-electron chi connectivity index (χ0n) is 20.6. The van der Waals surface area contributed by atoms with Gasteiger partial charge in [-0.15, -0.1) is 0 Å². The number of esters is 1. The molecular weight excluding hydrogens is 424 g/mol. The molecular formula is C29H36N2O3. The van der Waals surface area contributed by atoms with Gasteiger partial charge in [0.25, 0.3) is 0 Å². The molecule has 2 aromatic carbocycles. The smallest absolute Gasteiger partial charge is 0.306 e. The second kappa shape index (κ2) is 13.5. The van der Waals surface area contributed by atoms with Crippen LogP contribution in [0.2, 0.25) is 0 Å². The maximum absolute atomic E-state index is 11.6. The van der Waals surface area contributed by atoms with E-state index in [0.717, 1.165) is 41.1 Å². The van der Waals surface area contributed by atoms with Gasteiger partial charge in [-0.05, 0) is 55.0 Å². The van der Waals surface area contributed by atoms with E-state index in [1.807, 2.05) is 50.5 Å². The molecule has 0 radical (unpaired) electrons. The Morgan fingerprint density at radius 2 is 1.44 bits per heavy atom. The minimum absolute atomic E-state index is 0.179. The summed E-state index contributed by atoms with van der Waals surface area (Å²) >= 11 is 0. The van der Waals surface area contributed by atoms with Gasteiger partial charge in [0.1, 0.15) is 18.5 Å². The molecule has 0 saturated heterocycles. The molecule has 0 saturated carbocycles. The highest BCUT2D eigenvalue weighted by Gasteiger charge is 2.10. The van der Waals surface area contributed by atoms with Gasteiger partial charge in [0.2, 0.25) is 0 Å². The highest BCUT2D eigenvalue weighted by Crippen LogP contribution is 2.25. The highest BCUT2D eigenvalue weighted by molar-refractivity contribution is 5.69. The number of rotatable bonds is 13. The third-order valence-corrected chi connectivity index (χ3v) is 5.63. The van der Waals surface area contributed by atoms with Gasteiger partial charge in [-0.1, -0.05) is 69.5 Å². The predicted octanol–water partition coefficient (Wildman–Crippen LogP) is 7.04. The molecule has 1 aromatic heterocycles. The number of aryl methyl sites for hydroxylation is 1. The number of aromatic nitrogens is 2. The molecule has 0 unspecified atom stereocenters. The Balaban J connectivity index is 1.53. The third-order valence-electron chi connectivity index (χ3n) is 5.63. The van der Waals surface area contributed by atoms with Gasteiger partial charge in [-0.3, -0.25) is 4.79 Å². The predicted molar refractivity (Wildman–Crippen MR) is 137 cm³/mol. The van der Waals surface area contributed by atoms with Crippen LogP contribution in [-0.4, -0.2) is 28.6 Å². The molecule has 0 amide bonds. The Morgan fingerprint density at radius 1 is 0.824 bits per heavy atom. The molecule has 1 heterocycles. The molecule has 0 bridgehead atoms. The first-order valence-corrected chi connectivity index (χ1v) is 12.4. The average Bonchev–Trinajstić information content (AvgIpc) is 2.86. The molecule has 0 aliphatic rings. The zero-order chi connectivity index (χ0) is 24.2. The normalized spacial score (nSPS) is 11.7. The number of hydrogen-bond acceptors (Lipinski definition) is 5. The van der Waals surface area contributed by atoms with Gasteiger partial charge in [0.15, 0.2) is 5.82 Å². The van der Waals surface area contributed by atoms with E-state index in [2.05, 4.69) is 41.2 Å². The molecule has 0 aliphatic carbocycles. The van der Waals surface area contributed by atoms with E-state index in [0.29, 0.717) is 13.0 Å². The number of ether oxygens (including phenoxy) is 2. The average molecular weight is 461 g/mol. The Bertz CT molecular complexity index is 999. The minimum atomic E-state index is -0.274. The van der Waals surface area contributed by atoms with Crippen molar-refractivity contribution in [1.29, 1.82) is 0 Å². The summed E-state index contributed by atoms with van der Waals surface area (Å²) < 4.78 is 11.1. The number of nitrogens with zero attached hydrogens (tertiary/aromatic N) is 2. The van der Waals surface area contributed by atoms with Crippen molar-refractivity contribution in [3.63, 3.8) is 0 Å². The van der Waals surface area contributed by atoms with Crippen molar-refractivity contribution in [3.8, 4) is 28.3 Å². The van der Waals surface area contributed by atoms with Crippen molar-refractivity contribution in [2.45, 2.75) is 71.8 Å². The van der Waals surface area contributed by atoms with Crippen molar-refractivity contribution in [3.05, 3.63) is 66.5 Å².